The van der Waals surface area contributed by atoms with Crippen LogP contribution in [-0.4, -0.2) is 21.9 Å². The molecule has 1 atom stereocenters. The summed E-state index contributed by atoms with van der Waals surface area (Å²) < 4.78 is -1.88. The van der Waals surface area contributed by atoms with Crippen LogP contribution in [0.15, 0.2) is 48.5 Å². The predicted molar refractivity (Wildman–Crippen MR) is 87.8 cm³/mol. The number of nitrogens with one attached hydrogen (secondary N) is 1. The smallest absolute Gasteiger partial charge is 0.207 e. The molecule has 1 aliphatic carbocycles. The van der Waals surface area contributed by atoms with Crippen LogP contribution in [0.1, 0.15) is 20.7 Å². The van der Waals surface area contributed by atoms with Gasteiger partial charge >= 0.3 is 0 Å². The molecule has 4 nitrogen and oxygen atoms in total. The molecule has 0 heterocycles. The normalized spacial score (nSPS) is 19.6. The van der Waals surface area contributed by atoms with Gasteiger partial charge in [-0.3, -0.25) is 9.59 Å². The van der Waals surface area contributed by atoms with Gasteiger partial charge in [-0.05, 0) is 18.2 Å². The maximum absolute atomic E-state index is 12.7. The minimum absolute atomic E-state index is 0.239. The molecular weight excluding hydrogens is 323 g/mol. The molecule has 3 N–H and O–H groups in total. The molecule has 1 unspecified atom stereocenters. The summed E-state index contributed by atoms with van der Waals surface area (Å²) in [4.78, 5) is 25.1. The zero-order chi connectivity index (χ0) is 15.9. The van der Waals surface area contributed by atoms with E-state index < -0.39 is 16.2 Å². The molecule has 0 aliphatic heterocycles. The standard InChI is InChI=1S/C16H12Cl2N2O2/c17-16(18)14(20-10-5-3-4-9(19)8-10)13(21)11-6-1-2-7-12(11)15(16)22/h1-8,14,20H,19H2. The summed E-state index contributed by atoms with van der Waals surface area (Å²) in [6.45, 7) is 0. The number of carbonyl (C=O) groups excluding carboxylic acids is 2. The van der Waals surface area contributed by atoms with Gasteiger partial charge in [0.15, 0.2) is 5.78 Å². The van der Waals surface area contributed by atoms with Crippen LogP contribution in [0.4, 0.5) is 11.4 Å². The van der Waals surface area contributed by atoms with Gasteiger partial charge in [-0.2, -0.15) is 0 Å². The van der Waals surface area contributed by atoms with Crippen molar-refractivity contribution in [1.82, 2.24) is 0 Å². The summed E-state index contributed by atoms with van der Waals surface area (Å²) in [5.41, 5.74) is 7.35. The lowest BCUT2D eigenvalue weighted by atomic mass is 9.85. The highest BCUT2D eigenvalue weighted by Crippen LogP contribution is 2.38. The van der Waals surface area contributed by atoms with E-state index in [2.05, 4.69) is 5.32 Å². The SMILES string of the molecule is Nc1cccc(NC2C(=O)c3ccccc3C(=O)C2(Cl)Cl)c1. The van der Waals surface area contributed by atoms with E-state index in [-0.39, 0.29) is 11.3 Å². The average molecular weight is 335 g/mol. The van der Waals surface area contributed by atoms with Gasteiger partial charge in [0, 0.05) is 22.5 Å². The lowest BCUT2D eigenvalue weighted by Gasteiger charge is -2.34. The Morgan fingerprint density at radius 3 is 2.36 bits per heavy atom. The van der Waals surface area contributed by atoms with Crippen LogP contribution in [0.5, 0.6) is 0 Å². The summed E-state index contributed by atoms with van der Waals surface area (Å²) in [7, 11) is 0. The molecule has 22 heavy (non-hydrogen) atoms. The Morgan fingerprint density at radius 2 is 1.68 bits per heavy atom. The van der Waals surface area contributed by atoms with Crippen LogP contribution in [-0.2, 0) is 0 Å². The molecule has 0 aromatic heterocycles. The van der Waals surface area contributed by atoms with Crippen molar-refractivity contribution in [2.24, 2.45) is 0 Å². The van der Waals surface area contributed by atoms with Crippen molar-refractivity contribution in [2.45, 2.75) is 10.4 Å². The number of ketones is 2. The minimum atomic E-state index is -1.88. The number of rotatable bonds is 2. The first kappa shape index (κ1) is 14.9. The third-order valence-corrected chi connectivity index (χ3v) is 4.34. The van der Waals surface area contributed by atoms with Gasteiger partial charge in [0.05, 0.1) is 0 Å². The fourth-order valence-corrected chi connectivity index (χ4v) is 2.99. The number of nitrogens with two attached hydrogens (primary N) is 1. The Hall–Kier alpha value is -2.04. The van der Waals surface area contributed by atoms with Crippen LogP contribution in [0.25, 0.3) is 0 Å². The molecule has 0 saturated heterocycles. The number of benzene rings is 2. The number of hydrogen-bond donors (Lipinski definition) is 2. The number of fused-ring (bicyclic) bond motifs is 1. The van der Waals surface area contributed by atoms with E-state index in [0.29, 0.717) is 16.9 Å². The van der Waals surface area contributed by atoms with Gasteiger partial charge in [-0.15, -0.1) is 0 Å². The van der Waals surface area contributed by atoms with Crippen molar-refractivity contribution in [3.63, 3.8) is 0 Å². The number of Topliss-reactive ketones (excluding diaryl/α,β-unsaturated/α-hetero) is 2. The van der Waals surface area contributed by atoms with Crippen molar-refractivity contribution >= 4 is 46.1 Å². The highest BCUT2D eigenvalue weighted by molar-refractivity contribution is 6.63. The topological polar surface area (TPSA) is 72.2 Å². The maximum Gasteiger partial charge on any atom is 0.207 e. The van der Waals surface area contributed by atoms with E-state index in [1.54, 1.807) is 48.5 Å². The highest BCUT2D eigenvalue weighted by Gasteiger charge is 2.51. The van der Waals surface area contributed by atoms with Crippen LogP contribution in [0.3, 0.4) is 0 Å². The van der Waals surface area contributed by atoms with Crippen LogP contribution < -0.4 is 11.1 Å². The molecule has 0 saturated carbocycles. The summed E-state index contributed by atoms with van der Waals surface area (Å²) >= 11 is 12.4. The fraction of sp³-hybridized carbons (Fsp3) is 0.125. The van der Waals surface area contributed by atoms with E-state index in [1.807, 2.05) is 0 Å². The molecule has 1 aliphatic rings. The molecule has 0 radical (unpaired) electrons. The highest BCUT2D eigenvalue weighted by atomic mass is 35.5. The van der Waals surface area contributed by atoms with E-state index >= 15 is 0 Å². The molecule has 6 heteroatoms. The van der Waals surface area contributed by atoms with E-state index in [0.717, 1.165) is 0 Å². The van der Waals surface area contributed by atoms with Crippen LogP contribution >= 0.6 is 23.2 Å². The lowest BCUT2D eigenvalue weighted by molar-refractivity contribution is 0.0865. The molecule has 3 rings (SSSR count). The summed E-state index contributed by atoms with van der Waals surface area (Å²) in [6, 6.07) is 12.2. The van der Waals surface area contributed by atoms with Gasteiger partial charge in [0.1, 0.15) is 6.04 Å². The van der Waals surface area contributed by atoms with Crippen molar-refractivity contribution in [3.8, 4) is 0 Å². The monoisotopic (exact) mass is 334 g/mol. The second-order valence-corrected chi connectivity index (χ2v) is 6.45. The Kier molecular flexibility index (Phi) is 3.59. The number of carbonyl (C=O) groups is 2. The van der Waals surface area contributed by atoms with Gasteiger partial charge in [0.25, 0.3) is 0 Å². The lowest BCUT2D eigenvalue weighted by Crippen LogP contribution is -2.53. The van der Waals surface area contributed by atoms with Gasteiger partial charge in [0.2, 0.25) is 10.1 Å². The molecule has 0 amide bonds. The average Bonchev–Trinajstić information content (AvgIpc) is 2.50. The fourth-order valence-electron chi connectivity index (χ4n) is 2.48. The first-order valence-corrected chi connectivity index (χ1v) is 7.35. The first-order valence-electron chi connectivity index (χ1n) is 6.59. The second-order valence-electron chi connectivity index (χ2n) is 5.06. The van der Waals surface area contributed by atoms with Crippen molar-refractivity contribution < 1.29 is 9.59 Å². The molecule has 0 fully saturated rings. The third-order valence-electron chi connectivity index (χ3n) is 3.56. The summed E-state index contributed by atoms with van der Waals surface area (Å²) in [5, 5.41) is 2.92. The zero-order valence-electron chi connectivity index (χ0n) is 11.3. The van der Waals surface area contributed by atoms with Crippen LogP contribution in [0, 0.1) is 0 Å². The van der Waals surface area contributed by atoms with E-state index in [9.17, 15) is 9.59 Å². The van der Waals surface area contributed by atoms with Crippen LogP contribution in [0.2, 0.25) is 0 Å². The first-order chi connectivity index (χ1) is 10.4. The zero-order valence-corrected chi connectivity index (χ0v) is 12.9. The number of anilines is 2. The Morgan fingerprint density at radius 1 is 1.00 bits per heavy atom. The van der Waals surface area contributed by atoms with E-state index in [4.69, 9.17) is 28.9 Å². The summed E-state index contributed by atoms with van der Waals surface area (Å²) in [5.74, 6) is -0.824. The quantitative estimate of drug-likeness (QED) is 0.652. The second kappa shape index (κ2) is 5.30. The van der Waals surface area contributed by atoms with Crippen molar-refractivity contribution in [2.75, 3.05) is 11.1 Å². The molecule has 2 aromatic rings. The maximum atomic E-state index is 12.7. The van der Waals surface area contributed by atoms with Gasteiger partial charge in [-0.1, -0.05) is 53.5 Å². The van der Waals surface area contributed by atoms with Gasteiger partial charge < -0.3 is 11.1 Å². The van der Waals surface area contributed by atoms with E-state index in [1.165, 1.54) is 0 Å². The predicted octanol–water partition coefficient (Wildman–Crippen LogP) is 3.30. The van der Waals surface area contributed by atoms with Crippen molar-refractivity contribution in [3.05, 3.63) is 59.7 Å². The number of hydrogen-bond acceptors (Lipinski definition) is 4. The Labute approximate surface area is 137 Å². The molecular formula is C16H12Cl2N2O2. The molecule has 2 aromatic carbocycles. The number of alkyl halides is 2. The summed E-state index contributed by atoms with van der Waals surface area (Å²) in [6.07, 6.45) is 0. The Bertz CT molecular complexity index is 774. The largest absolute Gasteiger partial charge is 0.399 e. The Balaban J connectivity index is 2.04. The minimum Gasteiger partial charge on any atom is -0.399 e. The van der Waals surface area contributed by atoms with Gasteiger partial charge in [-0.25, -0.2) is 0 Å². The number of nitrogen functional groups attached to an aromatic ring is 1. The molecule has 0 bridgehead atoms. The molecule has 112 valence electrons. The van der Waals surface area contributed by atoms with Crippen molar-refractivity contribution in [1.29, 1.82) is 0 Å². The third kappa shape index (κ3) is 2.34. The number of halogens is 2. The molecule has 0 spiro atoms.